The Kier molecular flexibility index (Phi) is 3.12. The zero-order chi connectivity index (χ0) is 7.40. The Morgan fingerprint density at radius 1 is 1.70 bits per heavy atom. The van der Waals surface area contributed by atoms with Gasteiger partial charge in [0.25, 0.3) is 0 Å². The van der Waals surface area contributed by atoms with Crippen molar-refractivity contribution in [2.45, 2.75) is 12.5 Å². The second-order valence-corrected chi connectivity index (χ2v) is 2.99. The Morgan fingerprint density at radius 3 is 3.00 bits per heavy atom. The molecule has 0 bridgehead atoms. The summed E-state index contributed by atoms with van der Waals surface area (Å²) in [5.74, 6) is 0. The molecule has 3 heteroatoms. The predicted molar refractivity (Wildman–Crippen MR) is 43.0 cm³/mol. The van der Waals surface area contributed by atoms with Gasteiger partial charge in [-0.1, -0.05) is 0 Å². The minimum absolute atomic E-state index is 0.688. The van der Waals surface area contributed by atoms with Crippen LogP contribution in [-0.2, 0) is 0 Å². The lowest BCUT2D eigenvalue weighted by Gasteiger charge is -2.10. The first kappa shape index (κ1) is 7.98. The SMILES string of the molecule is CN1CCC(NCCN)C1. The number of hydrogen-bond donors (Lipinski definition) is 2. The van der Waals surface area contributed by atoms with Gasteiger partial charge in [-0.3, -0.25) is 0 Å². The molecular weight excluding hydrogens is 126 g/mol. The Bertz CT molecular complexity index is 94.9. The highest BCUT2D eigenvalue weighted by Gasteiger charge is 2.17. The van der Waals surface area contributed by atoms with Crippen LogP contribution in [0.25, 0.3) is 0 Å². The maximum Gasteiger partial charge on any atom is 0.0207 e. The summed E-state index contributed by atoms with van der Waals surface area (Å²) in [5, 5.41) is 3.40. The van der Waals surface area contributed by atoms with Crippen LogP contribution in [0.2, 0.25) is 0 Å². The molecule has 1 atom stereocenters. The van der Waals surface area contributed by atoms with Crippen molar-refractivity contribution in [2.75, 3.05) is 33.2 Å². The summed E-state index contributed by atoms with van der Waals surface area (Å²) in [6, 6.07) is 0.688. The van der Waals surface area contributed by atoms with Gasteiger partial charge in [0.2, 0.25) is 0 Å². The summed E-state index contributed by atoms with van der Waals surface area (Å²) >= 11 is 0. The van der Waals surface area contributed by atoms with Gasteiger partial charge in [0.05, 0.1) is 0 Å². The van der Waals surface area contributed by atoms with Gasteiger partial charge in [0.15, 0.2) is 0 Å². The maximum atomic E-state index is 5.37. The van der Waals surface area contributed by atoms with Crippen molar-refractivity contribution in [2.24, 2.45) is 5.73 Å². The first-order valence-corrected chi connectivity index (χ1v) is 3.95. The van der Waals surface area contributed by atoms with Crippen molar-refractivity contribution in [1.82, 2.24) is 10.2 Å². The van der Waals surface area contributed by atoms with Gasteiger partial charge in [-0.2, -0.15) is 0 Å². The first-order chi connectivity index (χ1) is 4.83. The molecule has 0 radical (unpaired) electrons. The van der Waals surface area contributed by atoms with Crippen molar-refractivity contribution >= 4 is 0 Å². The van der Waals surface area contributed by atoms with Crippen LogP contribution in [-0.4, -0.2) is 44.2 Å². The Hall–Kier alpha value is -0.120. The highest BCUT2D eigenvalue weighted by molar-refractivity contribution is 4.78. The smallest absolute Gasteiger partial charge is 0.0207 e. The van der Waals surface area contributed by atoms with Crippen molar-refractivity contribution < 1.29 is 0 Å². The van der Waals surface area contributed by atoms with Gasteiger partial charge in [0.1, 0.15) is 0 Å². The molecule has 0 aliphatic carbocycles. The molecule has 3 nitrogen and oxygen atoms in total. The normalized spacial score (nSPS) is 27.6. The van der Waals surface area contributed by atoms with Crippen LogP contribution >= 0.6 is 0 Å². The van der Waals surface area contributed by atoms with Crippen LogP contribution in [0, 0.1) is 0 Å². The predicted octanol–water partition coefficient (Wildman–Crippen LogP) is -0.761. The van der Waals surface area contributed by atoms with Gasteiger partial charge in [0, 0.05) is 25.7 Å². The molecular formula is C7H17N3. The maximum absolute atomic E-state index is 5.37. The van der Waals surface area contributed by atoms with Crippen LogP contribution in [0.15, 0.2) is 0 Å². The third-order valence-electron chi connectivity index (χ3n) is 1.97. The van der Waals surface area contributed by atoms with E-state index in [-0.39, 0.29) is 0 Å². The number of nitrogens with two attached hydrogens (primary N) is 1. The molecule has 0 aromatic rings. The fourth-order valence-corrected chi connectivity index (χ4v) is 1.39. The van der Waals surface area contributed by atoms with Crippen LogP contribution in [0.4, 0.5) is 0 Å². The molecule has 60 valence electrons. The van der Waals surface area contributed by atoms with E-state index < -0.39 is 0 Å². The van der Waals surface area contributed by atoms with Gasteiger partial charge in [-0.25, -0.2) is 0 Å². The lowest BCUT2D eigenvalue weighted by molar-refractivity contribution is 0.399. The summed E-state index contributed by atoms with van der Waals surface area (Å²) in [6.45, 7) is 4.11. The summed E-state index contributed by atoms with van der Waals surface area (Å²) in [6.07, 6.45) is 1.27. The summed E-state index contributed by atoms with van der Waals surface area (Å²) < 4.78 is 0. The molecule has 10 heavy (non-hydrogen) atoms. The number of rotatable bonds is 3. The molecule has 0 saturated carbocycles. The van der Waals surface area contributed by atoms with E-state index in [1.165, 1.54) is 19.5 Å². The summed E-state index contributed by atoms with van der Waals surface area (Å²) in [5.41, 5.74) is 5.37. The monoisotopic (exact) mass is 143 g/mol. The lowest BCUT2D eigenvalue weighted by Crippen LogP contribution is -2.34. The zero-order valence-electron chi connectivity index (χ0n) is 6.64. The number of nitrogens with zero attached hydrogens (tertiary/aromatic N) is 1. The highest BCUT2D eigenvalue weighted by atomic mass is 15.2. The number of likely N-dealkylation sites (N-methyl/N-ethyl adjacent to an activating group) is 1. The highest BCUT2D eigenvalue weighted by Crippen LogP contribution is 2.04. The fraction of sp³-hybridized carbons (Fsp3) is 1.00. The van der Waals surface area contributed by atoms with E-state index in [4.69, 9.17) is 5.73 Å². The second kappa shape index (κ2) is 3.91. The van der Waals surface area contributed by atoms with E-state index in [0.717, 1.165) is 13.1 Å². The third kappa shape index (κ3) is 2.25. The van der Waals surface area contributed by atoms with Crippen molar-refractivity contribution in [3.63, 3.8) is 0 Å². The molecule has 0 aromatic carbocycles. The number of hydrogen-bond acceptors (Lipinski definition) is 3. The largest absolute Gasteiger partial charge is 0.329 e. The van der Waals surface area contributed by atoms with E-state index >= 15 is 0 Å². The van der Waals surface area contributed by atoms with Gasteiger partial charge < -0.3 is 16.0 Å². The molecule has 1 aliphatic heterocycles. The van der Waals surface area contributed by atoms with E-state index in [1.807, 2.05) is 0 Å². The lowest BCUT2D eigenvalue weighted by atomic mass is 10.3. The average molecular weight is 143 g/mol. The molecule has 0 amide bonds. The summed E-state index contributed by atoms with van der Waals surface area (Å²) in [7, 11) is 2.16. The van der Waals surface area contributed by atoms with Crippen molar-refractivity contribution in [1.29, 1.82) is 0 Å². The minimum Gasteiger partial charge on any atom is -0.329 e. The van der Waals surface area contributed by atoms with Crippen molar-refractivity contribution in [3.05, 3.63) is 0 Å². The molecule has 0 spiro atoms. The van der Waals surface area contributed by atoms with Gasteiger partial charge in [-0.05, 0) is 20.0 Å². The second-order valence-electron chi connectivity index (χ2n) is 2.99. The number of nitrogens with one attached hydrogen (secondary N) is 1. The minimum atomic E-state index is 0.688. The standard InChI is InChI=1S/C7H17N3/c1-10-5-2-7(6-10)9-4-3-8/h7,9H,2-6,8H2,1H3. The Labute approximate surface area is 62.6 Å². The summed E-state index contributed by atoms with van der Waals surface area (Å²) in [4.78, 5) is 2.34. The molecule has 1 heterocycles. The Morgan fingerprint density at radius 2 is 2.50 bits per heavy atom. The zero-order valence-corrected chi connectivity index (χ0v) is 6.64. The topological polar surface area (TPSA) is 41.3 Å². The average Bonchev–Trinajstić information content (AvgIpc) is 2.31. The molecule has 1 aliphatic rings. The van der Waals surface area contributed by atoms with Crippen LogP contribution in [0.3, 0.4) is 0 Å². The molecule has 0 aromatic heterocycles. The Balaban J connectivity index is 2.06. The van der Waals surface area contributed by atoms with Crippen LogP contribution in [0.5, 0.6) is 0 Å². The van der Waals surface area contributed by atoms with E-state index in [9.17, 15) is 0 Å². The molecule has 3 N–H and O–H groups in total. The van der Waals surface area contributed by atoms with Crippen molar-refractivity contribution in [3.8, 4) is 0 Å². The number of likely N-dealkylation sites (tertiary alicyclic amines) is 1. The van der Waals surface area contributed by atoms with Crippen LogP contribution < -0.4 is 11.1 Å². The molecule has 1 saturated heterocycles. The van der Waals surface area contributed by atoms with Gasteiger partial charge in [-0.15, -0.1) is 0 Å². The van der Waals surface area contributed by atoms with Gasteiger partial charge >= 0.3 is 0 Å². The van der Waals surface area contributed by atoms with Crippen LogP contribution in [0.1, 0.15) is 6.42 Å². The first-order valence-electron chi connectivity index (χ1n) is 3.95. The molecule has 1 rings (SSSR count). The van der Waals surface area contributed by atoms with E-state index in [2.05, 4.69) is 17.3 Å². The van der Waals surface area contributed by atoms with E-state index in [1.54, 1.807) is 0 Å². The van der Waals surface area contributed by atoms with E-state index in [0.29, 0.717) is 6.04 Å². The third-order valence-corrected chi connectivity index (χ3v) is 1.97. The molecule has 1 fully saturated rings. The quantitative estimate of drug-likeness (QED) is 0.545. The molecule has 1 unspecified atom stereocenters. The fourth-order valence-electron chi connectivity index (χ4n) is 1.39.